The van der Waals surface area contributed by atoms with E-state index in [1.807, 2.05) is 6.92 Å². The van der Waals surface area contributed by atoms with Crippen LogP contribution in [0.15, 0.2) is 0 Å². The molecule has 0 fully saturated rings. The summed E-state index contributed by atoms with van der Waals surface area (Å²) in [7, 11) is 0. The van der Waals surface area contributed by atoms with Crippen molar-refractivity contribution in [1.29, 1.82) is 0 Å². The molecule has 124 valence electrons. The Kier molecular flexibility index (Phi) is 14.3. The molecular formula is C13H26ClN3O4. The van der Waals surface area contributed by atoms with Gasteiger partial charge in [0.05, 0.1) is 12.6 Å². The molecule has 0 aliphatic heterocycles. The lowest BCUT2D eigenvalue weighted by molar-refractivity contribution is -0.141. The van der Waals surface area contributed by atoms with Gasteiger partial charge in [-0.25, -0.2) is 0 Å². The van der Waals surface area contributed by atoms with Crippen molar-refractivity contribution in [2.75, 3.05) is 19.7 Å². The Balaban J connectivity index is 0. The number of hydrogen-bond donors (Lipinski definition) is 3. The predicted octanol–water partition coefficient (Wildman–Crippen LogP) is 0.111. The number of carbonyl (C=O) groups is 3. The number of carbonyl (C=O) groups excluding carboxylic acids is 3. The molecule has 0 spiro atoms. The first kappa shape index (κ1) is 21.9. The molecule has 0 radical (unpaired) electrons. The van der Waals surface area contributed by atoms with E-state index in [1.54, 1.807) is 0 Å². The number of nitrogens with one attached hydrogen (secondary N) is 2. The Bertz CT molecular complexity index is 327. The first-order valence-electron chi connectivity index (χ1n) is 6.90. The molecule has 0 saturated heterocycles. The van der Waals surface area contributed by atoms with Gasteiger partial charge in [-0.1, -0.05) is 6.92 Å². The number of halogens is 1. The lowest BCUT2D eigenvalue weighted by atomic mass is 10.1. The zero-order chi connectivity index (χ0) is 15.4. The maximum atomic E-state index is 11.5. The second-order valence-electron chi connectivity index (χ2n) is 4.48. The van der Waals surface area contributed by atoms with Crippen LogP contribution in [0.4, 0.5) is 0 Å². The summed E-state index contributed by atoms with van der Waals surface area (Å²) >= 11 is 0. The van der Waals surface area contributed by atoms with Crippen LogP contribution in [0.1, 0.15) is 39.5 Å². The van der Waals surface area contributed by atoms with Gasteiger partial charge in [0.25, 0.3) is 0 Å². The van der Waals surface area contributed by atoms with Crippen LogP contribution in [0.2, 0.25) is 0 Å². The fourth-order valence-electron chi connectivity index (χ4n) is 1.40. The van der Waals surface area contributed by atoms with Gasteiger partial charge in [0.15, 0.2) is 0 Å². The van der Waals surface area contributed by atoms with Gasteiger partial charge in [-0.15, -0.1) is 12.4 Å². The highest BCUT2D eigenvalue weighted by Gasteiger charge is 2.14. The number of hydrogen-bond acceptors (Lipinski definition) is 5. The van der Waals surface area contributed by atoms with Crippen LogP contribution in [-0.4, -0.2) is 43.5 Å². The molecule has 0 rings (SSSR count). The number of amides is 2. The first-order chi connectivity index (χ1) is 9.47. The van der Waals surface area contributed by atoms with E-state index in [0.29, 0.717) is 25.9 Å². The van der Waals surface area contributed by atoms with Gasteiger partial charge in [-0.05, 0) is 19.3 Å². The minimum atomic E-state index is -0.659. The Hall–Kier alpha value is -1.34. The number of nitrogens with two attached hydrogens (primary N) is 1. The molecule has 4 N–H and O–H groups in total. The number of rotatable bonds is 10. The average molecular weight is 324 g/mol. The summed E-state index contributed by atoms with van der Waals surface area (Å²) in [4.78, 5) is 33.4. The largest absolute Gasteiger partial charge is 0.466 e. The lowest BCUT2D eigenvalue weighted by Gasteiger charge is -2.11. The standard InChI is InChI=1S/C13H25N3O4.ClH/c1-3-7-16-13(19)11(14)5-6-12(18)15-8-4-9-20-10(2)17;/h11H,3-9,14H2,1-2H3,(H,15,18)(H,16,19);1H. The molecule has 2 amide bonds. The van der Waals surface area contributed by atoms with Crippen LogP contribution in [-0.2, 0) is 19.1 Å². The van der Waals surface area contributed by atoms with Crippen LogP contribution in [0.25, 0.3) is 0 Å². The van der Waals surface area contributed by atoms with Gasteiger partial charge >= 0.3 is 5.97 Å². The van der Waals surface area contributed by atoms with Crippen LogP contribution < -0.4 is 16.4 Å². The summed E-state index contributed by atoms with van der Waals surface area (Å²) in [6, 6.07) is -0.659. The molecule has 8 heteroatoms. The average Bonchev–Trinajstić information content (AvgIpc) is 2.41. The van der Waals surface area contributed by atoms with E-state index in [1.165, 1.54) is 6.92 Å². The fourth-order valence-corrected chi connectivity index (χ4v) is 1.40. The summed E-state index contributed by atoms with van der Waals surface area (Å²) in [5.74, 6) is -0.721. The minimum Gasteiger partial charge on any atom is -0.466 e. The van der Waals surface area contributed by atoms with E-state index in [0.717, 1.165) is 6.42 Å². The molecule has 7 nitrogen and oxygen atoms in total. The van der Waals surface area contributed by atoms with Crippen molar-refractivity contribution in [2.24, 2.45) is 5.73 Å². The second-order valence-corrected chi connectivity index (χ2v) is 4.48. The number of ether oxygens (including phenoxy) is 1. The Morgan fingerprint density at radius 1 is 1.19 bits per heavy atom. The third kappa shape index (κ3) is 13.4. The van der Waals surface area contributed by atoms with E-state index < -0.39 is 6.04 Å². The Labute approximate surface area is 131 Å². The third-order valence-corrected chi connectivity index (χ3v) is 2.52. The lowest BCUT2D eigenvalue weighted by Crippen LogP contribution is -2.41. The van der Waals surface area contributed by atoms with Gasteiger partial charge in [0.2, 0.25) is 11.8 Å². The van der Waals surface area contributed by atoms with Crippen molar-refractivity contribution >= 4 is 30.2 Å². The van der Waals surface area contributed by atoms with Gasteiger partial charge in [-0.3, -0.25) is 14.4 Å². The van der Waals surface area contributed by atoms with Crippen LogP contribution in [0.3, 0.4) is 0 Å². The second kappa shape index (κ2) is 13.6. The molecule has 0 aliphatic carbocycles. The van der Waals surface area contributed by atoms with Gasteiger partial charge in [-0.2, -0.15) is 0 Å². The summed E-state index contributed by atoms with van der Waals surface area (Å²) in [5.41, 5.74) is 5.67. The van der Waals surface area contributed by atoms with Crippen LogP contribution in [0, 0.1) is 0 Å². The first-order valence-corrected chi connectivity index (χ1v) is 6.90. The van der Waals surface area contributed by atoms with E-state index >= 15 is 0 Å². The van der Waals surface area contributed by atoms with Crippen molar-refractivity contribution in [3.63, 3.8) is 0 Å². The van der Waals surface area contributed by atoms with Crippen LogP contribution >= 0.6 is 12.4 Å². The molecular weight excluding hydrogens is 298 g/mol. The Morgan fingerprint density at radius 2 is 1.86 bits per heavy atom. The zero-order valence-corrected chi connectivity index (χ0v) is 13.5. The van der Waals surface area contributed by atoms with Gasteiger partial charge in [0, 0.05) is 26.4 Å². The molecule has 0 aromatic rings. The highest BCUT2D eigenvalue weighted by molar-refractivity contribution is 5.85. The summed E-state index contributed by atoms with van der Waals surface area (Å²) in [6.07, 6.45) is 1.93. The van der Waals surface area contributed by atoms with Crippen molar-refractivity contribution in [1.82, 2.24) is 10.6 Å². The van der Waals surface area contributed by atoms with E-state index in [2.05, 4.69) is 10.6 Å². The molecule has 0 saturated carbocycles. The van der Waals surface area contributed by atoms with Crippen molar-refractivity contribution < 1.29 is 19.1 Å². The molecule has 0 aromatic carbocycles. The molecule has 1 atom stereocenters. The smallest absolute Gasteiger partial charge is 0.302 e. The van der Waals surface area contributed by atoms with Gasteiger partial charge < -0.3 is 21.1 Å². The summed E-state index contributed by atoms with van der Waals surface area (Å²) in [6.45, 7) is 4.60. The molecule has 21 heavy (non-hydrogen) atoms. The fraction of sp³-hybridized carbons (Fsp3) is 0.769. The normalized spacial score (nSPS) is 11.0. The monoisotopic (exact) mass is 323 g/mol. The molecule has 0 aromatic heterocycles. The molecule has 0 aliphatic rings. The van der Waals surface area contributed by atoms with Gasteiger partial charge in [0.1, 0.15) is 0 Å². The maximum Gasteiger partial charge on any atom is 0.302 e. The predicted molar refractivity (Wildman–Crippen MR) is 82.0 cm³/mol. The quantitative estimate of drug-likeness (QED) is 0.390. The SMILES string of the molecule is CCCNC(=O)C(N)CCC(=O)NCCCOC(C)=O.Cl. The van der Waals surface area contributed by atoms with Crippen molar-refractivity contribution in [3.8, 4) is 0 Å². The molecule has 0 heterocycles. The van der Waals surface area contributed by atoms with E-state index in [-0.39, 0.29) is 43.2 Å². The summed E-state index contributed by atoms with van der Waals surface area (Å²) in [5, 5.41) is 5.36. The third-order valence-electron chi connectivity index (χ3n) is 2.52. The molecule has 0 bridgehead atoms. The topological polar surface area (TPSA) is 111 Å². The van der Waals surface area contributed by atoms with E-state index in [4.69, 9.17) is 10.5 Å². The highest BCUT2D eigenvalue weighted by atomic mass is 35.5. The van der Waals surface area contributed by atoms with Crippen molar-refractivity contribution in [3.05, 3.63) is 0 Å². The summed E-state index contributed by atoms with van der Waals surface area (Å²) < 4.78 is 4.73. The number of esters is 1. The minimum absolute atomic E-state index is 0. The Morgan fingerprint density at radius 3 is 2.43 bits per heavy atom. The van der Waals surface area contributed by atoms with Crippen molar-refractivity contribution in [2.45, 2.75) is 45.6 Å². The molecule has 1 unspecified atom stereocenters. The van der Waals surface area contributed by atoms with E-state index in [9.17, 15) is 14.4 Å². The van der Waals surface area contributed by atoms with Crippen LogP contribution in [0.5, 0.6) is 0 Å². The maximum absolute atomic E-state index is 11.5. The highest BCUT2D eigenvalue weighted by Crippen LogP contribution is 1.95. The zero-order valence-electron chi connectivity index (χ0n) is 12.6.